The summed E-state index contributed by atoms with van der Waals surface area (Å²) < 4.78 is 0. The first-order valence-electron chi connectivity index (χ1n) is 2.79. The molecular weight excluding hydrogens is 122 g/mol. The number of carbonyl (C=O) groups is 1. The van der Waals surface area contributed by atoms with Gasteiger partial charge in [0.1, 0.15) is 6.23 Å². The van der Waals surface area contributed by atoms with Crippen molar-refractivity contribution >= 4 is 5.91 Å². The Balaban J connectivity index is 3.34. The van der Waals surface area contributed by atoms with Crippen molar-refractivity contribution in [2.45, 2.75) is 19.6 Å². The van der Waals surface area contributed by atoms with E-state index in [-0.39, 0.29) is 5.91 Å². The van der Waals surface area contributed by atoms with Crippen LogP contribution in [-0.2, 0) is 4.79 Å². The molecule has 0 aliphatic rings. The van der Waals surface area contributed by atoms with Gasteiger partial charge in [-0.1, -0.05) is 6.92 Å². The van der Waals surface area contributed by atoms with E-state index in [1.807, 2.05) is 0 Å². The van der Waals surface area contributed by atoms with Crippen LogP contribution in [0.2, 0.25) is 0 Å². The molecular formula is C5H11NO3. The molecule has 0 rings (SSSR count). The van der Waals surface area contributed by atoms with E-state index >= 15 is 0 Å². The first-order valence-corrected chi connectivity index (χ1v) is 2.79. The molecule has 3 N–H and O–H groups in total. The van der Waals surface area contributed by atoms with Gasteiger partial charge in [0.25, 0.3) is 0 Å². The fourth-order valence-electron chi connectivity index (χ4n) is 0.334. The molecule has 0 bridgehead atoms. The highest BCUT2D eigenvalue weighted by Crippen LogP contribution is 1.77. The summed E-state index contributed by atoms with van der Waals surface area (Å²) in [5, 5.41) is 18.9. The quantitative estimate of drug-likeness (QED) is 0.424. The van der Waals surface area contributed by atoms with E-state index in [4.69, 9.17) is 10.2 Å². The molecule has 0 aromatic heterocycles. The number of nitrogens with one attached hydrogen (secondary N) is 1. The Kier molecular flexibility index (Phi) is 4.00. The Hall–Kier alpha value is -0.610. The Morgan fingerprint density at radius 2 is 2.33 bits per heavy atom. The topological polar surface area (TPSA) is 69.6 Å². The minimum atomic E-state index is -1.11. The Labute approximate surface area is 53.5 Å². The maximum atomic E-state index is 10.4. The predicted octanol–water partition coefficient (Wildman–Crippen LogP) is -1.18. The summed E-state index contributed by atoms with van der Waals surface area (Å²) in [7, 11) is 0. The maximum absolute atomic E-state index is 10.4. The van der Waals surface area contributed by atoms with Crippen LogP contribution in [0.25, 0.3) is 0 Å². The maximum Gasteiger partial charge on any atom is 0.221 e. The monoisotopic (exact) mass is 133 g/mol. The zero-order valence-electron chi connectivity index (χ0n) is 5.29. The van der Waals surface area contributed by atoms with E-state index in [0.29, 0.717) is 6.42 Å². The fraction of sp³-hybridized carbons (Fsp3) is 0.800. The Morgan fingerprint density at radius 3 is 2.67 bits per heavy atom. The van der Waals surface area contributed by atoms with Crippen molar-refractivity contribution in [2.24, 2.45) is 0 Å². The number of carbonyl (C=O) groups excluding carboxylic acids is 1. The van der Waals surface area contributed by atoms with Crippen LogP contribution in [0.3, 0.4) is 0 Å². The molecule has 0 radical (unpaired) electrons. The standard InChI is InChI=1S/C5H11NO3/c1-2-4(8)6-5(9)3-7/h5,7,9H,2-3H2,1H3,(H,6,8). The van der Waals surface area contributed by atoms with Crippen molar-refractivity contribution in [3.05, 3.63) is 0 Å². The zero-order valence-corrected chi connectivity index (χ0v) is 5.29. The van der Waals surface area contributed by atoms with Crippen LogP contribution in [0, 0.1) is 0 Å². The number of hydrogen-bond donors (Lipinski definition) is 3. The van der Waals surface area contributed by atoms with Crippen LogP contribution in [0.5, 0.6) is 0 Å². The van der Waals surface area contributed by atoms with Crippen molar-refractivity contribution in [1.29, 1.82) is 0 Å². The van der Waals surface area contributed by atoms with Crippen molar-refractivity contribution in [1.82, 2.24) is 5.32 Å². The van der Waals surface area contributed by atoms with Crippen molar-refractivity contribution < 1.29 is 15.0 Å². The minimum Gasteiger partial charge on any atom is -0.392 e. The van der Waals surface area contributed by atoms with Crippen LogP contribution >= 0.6 is 0 Å². The summed E-state index contributed by atoms with van der Waals surface area (Å²) in [6.45, 7) is 1.23. The van der Waals surface area contributed by atoms with E-state index in [2.05, 4.69) is 5.32 Å². The highest BCUT2D eigenvalue weighted by Gasteiger charge is 2.02. The molecule has 1 unspecified atom stereocenters. The first-order chi connectivity index (χ1) is 4.20. The first kappa shape index (κ1) is 8.39. The summed E-state index contributed by atoms with van der Waals surface area (Å²) in [6.07, 6.45) is -0.797. The second-order valence-corrected chi connectivity index (χ2v) is 1.62. The summed E-state index contributed by atoms with van der Waals surface area (Å²) in [5.74, 6) is -0.267. The molecule has 0 fully saturated rings. The van der Waals surface area contributed by atoms with Crippen LogP contribution in [-0.4, -0.2) is 29.0 Å². The molecule has 0 saturated heterocycles. The van der Waals surface area contributed by atoms with Gasteiger partial charge in [-0.15, -0.1) is 0 Å². The number of aliphatic hydroxyl groups excluding tert-OH is 2. The summed E-state index contributed by atoms with van der Waals surface area (Å²) in [5.41, 5.74) is 0. The number of aliphatic hydroxyl groups is 2. The second kappa shape index (κ2) is 4.29. The van der Waals surface area contributed by atoms with Gasteiger partial charge in [-0.3, -0.25) is 4.79 Å². The molecule has 54 valence electrons. The summed E-state index contributed by atoms with van der Waals surface area (Å²) in [4.78, 5) is 10.4. The molecule has 0 aliphatic heterocycles. The third-order valence-electron chi connectivity index (χ3n) is 0.822. The molecule has 0 aromatic carbocycles. The van der Waals surface area contributed by atoms with Gasteiger partial charge >= 0.3 is 0 Å². The number of amides is 1. The van der Waals surface area contributed by atoms with E-state index in [1.54, 1.807) is 6.92 Å². The van der Waals surface area contributed by atoms with Crippen LogP contribution in [0.4, 0.5) is 0 Å². The lowest BCUT2D eigenvalue weighted by atomic mass is 10.4. The van der Waals surface area contributed by atoms with E-state index in [9.17, 15) is 4.79 Å². The largest absolute Gasteiger partial charge is 0.392 e. The van der Waals surface area contributed by atoms with Crippen LogP contribution in [0.15, 0.2) is 0 Å². The minimum absolute atomic E-state index is 0.267. The lowest BCUT2D eigenvalue weighted by molar-refractivity contribution is -0.124. The van der Waals surface area contributed by atoms with E-state index in [1.165, 1.54) is 0 Å². The third-order valence-corrected chi connectivity index (χ3v) is 0.822. The molecule has 1 amide bonds. The van der Waals surface area contributed by atoms with Gasteiger partial charge in [-0.2, -0.15) is 0 Å². The number of hydrogen-bond acceptors (Lipinski definition) is 3. The summed E-state index contributed by atoms with van der Waals surface area (Å²) in [6, 6.07) is 0. The third kappa shape index (κ3) is 3.93. The van der Waals surface area contributed by atoms with Crippen molar-refractivity contribution in [3.8, 4) is 0 Å². The predicted molar refractivity (Wildman–Crippen MR) is 31.5 cm³/mol. The van der Waals surface area contributed by atoms with Gasteiger partial charge in [0.05, 0.1) is 6.61 Å². The Bertz CT molecular complexity index is 94.2. The van der Waals surface area contributed by atoms with Gasteiger partial charge in [0.2, 0.25) is 5.91 Å². The summed E-state index contributed by atoms with van der Waals surface area (Å²) >= 11 is 0. The lowest BCUT2D eigenvalue weighted by Gasteiger charge is -2.07. The fourth-order valence-corrected chi connectivity index (χ4v) is 0.334. The molecule has 0 heterocycles. The number of rotatable bonds is 3. The van der Waals surface area contributed by atoms with Crippen LogP contribution in [0.1, 0.15) is 13.3 Å². The second-order valence-electron chi connectivity index (χ2n) is 1.62. The highest BCUT2D eigenvalue weighted by molar-refractivity contribution is 5.75. The molecule has 1 atom stereocenters. The van der Waals surface area contributed by atoms with Crippen LogP contribution < -0.4 is 5.32 Å². The molecule has 9 heavy (non-hydrogen) atoms. The average molecular weight is 133 g/mol. The lowest BCUT2D eigenvalue weighted by Crippen LogP contribution is -2.36. The van der Waals surface area contributed by atoms with Gasteiger partial charge in [-0.05, 0) is 0 Å². The van der Waals surface area contributed by atoms with E-state index < -0.39 is 12.8 Å². The SMILES string of the molecule is CCC(=O)NC(O)CO. The molecule has 0 aromatic rings. The zero-order chi connectivity index (χ0) is 7.28. The molecule has 4 nitrogen and oxygen atoms in total. The van der Waals surface area contributed by atoms with E-state index in [0.717, 1.165) is 0 Å². The molecule has 0 aliphatic carbocycles. The molecule has 0 saturated carbocycles. The highest BCUT2D eigenvalue weighted by atomic mass is 16.3. The average Bonchev–Trinajstić information content (AvgIpc) is 1.87. The van der Waals surface area contributed by atoms with Crippen molar-refractivity contribution in [2.75, 3.05) is 6.61 Å². The Morgan fingerprint density at radius 1 is 1.78 bits per heavy atom. The molecule has 0 spiro atoms. The molecule has 4 heteroatoms. The van der Waals surface area contributed by atoms with Crippen molar-refractivity contribution in [3.63, 3.8) is 0 Å². The smallest absolute Gasteiger partial charge is 0.221 e. The van der Waals surface area contributed by atoms with Gasteiger partial charge in [0.15, 0.2) is 0 Å². The van der Waals surface area contributed by atoms with Gasteiger partial charge in [0, 0.05) is 6.42 Å². The van der Waals surface area contributed by atoms with Gasteiger partial charge in [-0.25, -0.2) is 0 Å². The normalized spacial score (nSPS) is 12.8. The van der Waals surface area contributed by atoms with Gasteiger partial charge < -0.3 is 15.5 Å².